The van der Waals surface area contributed by atoms with Crippen molar-refractivity contribution in [3.05, 3.63) is 29.6 Å². The molecule has 1 N–H and O–H groups in total. The fourth-order valence-corrected chi connectivity index (χ4v) is 2.13. The van der Waals surface area contributed by atoms with E-state index in [0.717, 1.165) is 6.07 Å². The van der Waals surface area contributed by atoms with Crippen LogP contribution < -0.4 is 0 Å². The van der Waals surface area contributed by atoms with Crippen molar-refractivity contribution in [2.24, 2.45) is 0 Å². The van der Waals surface area contributed by atoms with E-state index in [0.29, 0.717) is 18.7 Å². The molecule has 0 radical (unpaired) electrons. The molecule has 0 saturated carbocycles. The predicted molar refractivity (Wildman–Crippen MR) is 74.6 cm³/mol. The summed E-state index contributed by atoms with van der Waals surface area (Å²) < 4.78 is 24.2. The van der Waals surface area contributed by atoms with E-state index < -0.39 is 23.6 Å². The molecule has 1 aliphatic heterocycles. The zero-order valence-electron chi connectivity index (χ0n) is 12.4. The lowest BCUT2D eigenvalue weighted by molar-refractivity contribution is -0.0434. The number of nitrogens with zero attached hydrogens (tertiary/aromatic N) is 1. The van der Waals surface area contributed by atoms with Crippen molar-refractivity contribution in [3.8, 4) is 5.75 Å². The number of carbonyl (C=O) groups excluding carboxylic acids is 1. The van der Waals surface area contributed by atoms with E-state index in [4.69, 9.17) is 9.47 Å². The quantitative estimate of drug-likeness (QED) is 0.866. The van der Waals surface area contributed by atoms with Crippen molar-refractivity contribution >= 4 is 6.09 Å². The molecular weight excluding hydrogens is 277 g/mol. The van der Waals surface area contributed by atoms with Crippen LogP contribution in [0.2, 0.25) is 0 Å². The topological polar surface area (TPSA) is 59.0 Å². The van der Waals surface area contributed by atoms with Crippen LogP contribution in [0.1, 0.15) is 32.4 Å². The van der Waals surface area contributed by atoms with Crippen LogP contribution in [0, 0.1) is 5.82 Å². The smallest absolute Gasteiger partial charge is 0.410 e. The van der Waals surface area contributed by atoms with E-state index >= 15 is 0 Å². The van der Waals surface area contributed by atoms with Crippen molar-refractivity contribution in [1.29, 1.82) is 0 Å². The highest BCUT2D eigenvalue weighted by molar-refractivity contribution is 5.68. The highest BCUT2D eigenvalue weighted by Crippen LogP contribution is 2.27. The van der Waals surface area contributed by atoms with Gasteiger partial charge in [0.2, 0.25) is 0 Å². The molecule has 5 nitrogen and oxygen atoms in total. The summed E-state index contributed by atoms with van der Waals surface area (Å²) in [5.74, 6) is -0.703. The summed E-state index contributed by atoms with van der Waals surface area (Å²) in [5.41, 5.74) is -0.0668. The molecule has 1 saturated heterocycles. The van der Waals surface area contributed by atoms with Crippen LogP contribution in [0.25, 0.3) is 0 Å². The maximum atomic E-state index is 13.3. The van der Waals surface area contributed by atoms with Crippen LogP contribution >= 0.6 is 0 Å². The number of hydrogen-bond acceptors (Lipinski definition) is 4. The summed E-state index contributed by atoms with van der Waals surface area (Å²) >= 11 is 0. The molecule has 116 valence electrons. The van der Waals surface area contributed by atoms with Crippen molar-refractivity contribution in [2.45, 2.75) is 32.5 Å². The molecule has 6 heteroatoms. The minimum absolute atomic E-state index is 0.164. The number of morpholine rings is 1. The van der Waals surface area contributed by atoms with Gasteiger partial charge in [0.1, 0.15) is 23.3 Å². The number of rotatable bonds is 1. The molecule has 0 bridgehead atoms. The summed E-state index contributed by atoms with van der Waals surface area (Å²) in [6.45, 7) is 6.42. The van der Waals surface area contributed by atoms with Crippen LogP contribution in [0.5, 0.6) is 5.75 Å². The number of carbonyl (C=O) groups is 1. The second kappa shape index (κ2) is 5.89. The number of aromatic hydroxyl groups is 1. The number of phenolic OH excluding ortho intramolecular Hbond substituents is 1. The molecule has 1 fully saturated rings. The Morgan fingerprint density at radius 3 is 2.76 bits per heavy atom. The number of ether oxygens (including phenoxy) is 2. The van der Waals surface area contributed by atoms with Gasteiger partial charge in [-0.25, -0.2) is 9.18 Å². The maximum absolute atomic E-state index is 13.3. The Morgan fingerprint density at radius 1 is 1.43 bits per heavy atom. The molecule has 1 aliphatic rings. The van der Waals surface area contributed by atoms with E-state index in [-0.39, 0.29) is 12.3 Å². The fourth-order valence-electron chi connectivity index (χ4n) is 2.13. The maximum Gasteiger partial charge on any atom is 0.410 e. The average molecular weight is 297 g/mol. The first-order chi connectivity index (χ1) is 9.74. The largest absolute Gasteiger partial charge is 0.508 e. The van der Waals surface area contributed by atoms with E-state index in [1.165, 1.54) is 17.0 Å². The Morgan fingerprint density at radius 2 is 2.14 bits per heavy atom. The molecule has 1 aromatic rings. The lowest BCUT2D eigenvalue weighted by Crippen LogP contribution is -2.44. The lowest BCUT2D eigenvalue weighted by atomic mass is 10.1. The lowest BCUT2D eigenvalue weighted by Gasteiger charge is -2.34. The predicted octanol–water partition coefficient (Wildman–Crippen LogP) is 2.84. The number of halogens is 1. The summed E-state index contributed by atoms with van der Waals surface area (Å²) in [6.07, 6.45) is -0.899. The molecule has 0 aromatic heterocycles. The van der Waals surface area contributed by atoms with Crippen molar-refractivity contribution in [3.63, 3.8) is 0 Å². The minimum Gasteiger partial charge on any atom is -0.508 e. The van der Waals surface area contributed by atoms with Crippen LogP contribution in [-0.4, -0.2) is 41.4 Å². The molecular formula is C15H20FNO4. The third kappa shape index (κ3) is 4.32. The summed E-state index contributed by atoms with van der Waals surface area (Å²) in [4.78, 5) is 13.6. The average Bonchev–Trinajstić information content (AvgIpc) is 2.36. The Hall–Kier alpha value is -1.82. The van der Waals surface area contributed by atoms with E-state index in [1.54, 1.807) is 20.8 Å². The van der Waals surface area contributed by atoms with Gasteiger partial charge in [0.15, 0.2) is 0 Å². The fraction of sp³-hybridized carbons (Fsp3) is 0.533. The second-order valence-electron chi connectivity index (χ2n) is 6.03. The van der Waals surface area contributed by atoms with Crippen LogP contribution in [0.4, 0.5) is 9.18 Å². The molecule has 1 aromatic carbocycles. The van der Waals surface area contributed by atoms with E-state index in [9.17, 15) is 14.3 Å². The first-order valence-electron chi connectivity index (χ1n) is 6.83. The van der Waals surface area contributed by atoms with Gasteiger partial charge in [-0.2, -0.15) is 0 Å². The Bertz CT molecular complexity index is 507. The van der Waals surface area contributed by atoms with Gasteiger partial charge in [-0.1, -0.05) is 0 Å². The monoisotopic (exact) mass is 297 g/mol. The molecule has 1 heterocycles. The van der Waals surface area contributed by atoms with Crippen molar-refractivity contribution < 1.29 is 23.8 Å². The summed E-state index contributed by atoms with van der Waals surface area (Å²) in [6, 6.07) is 3.76. The molecule has 0 spiro atoms. The highest BCUT2D eigenvalue weighted by atomic mass is 19.1. The first kappa shape index (κ1) is 15.6. The summed E-state index contributed by atoms with van der Waals surface area (Å²) in [7, 11) is 0. The Balaban J connectivity index is 2.08. The van der Waals surface area contributed by atoms with Gasteiger partial charge in [-0.05, 0) is 38.5 Å². The third-order valence-electron chi connectivity index (χ3n) is 2.99. The van der Waals surface area contributed by atoms with Gasteiger partial charge >= 0.3 is 6.09 Å². The third-order valence-corrected chi connectivity index (χ3v) is 2.99. The van der Waals surface area contributed by atoms with Crippen molar-refractivity contribution in [1.82, 2.24) is 4.90 Å². The van der Waals surface area contributed by atoms with E-state index in [2.05, 4.69) is 0 Å². The first-order valence-corrected chi connectivity index (χ1v) is 6.83. The molecule has 21 heavy (non-hydrogen) atoms. The zero-order chi connectivity index (χ0) is 15.6. The summed E-state index contributed by atoms with van der Waals surface area (Å²) in [5, 5.41) is 9.45. The van der Waals surface area contributed by atoms with Gasteiger partial charge in [0.25, 0.3) is 0 Å². The number of amides is 1. The molecule has 1 unspecified atom stereocenters. The minimum atomic E-state index is -0.567. The van der Waals surface area contributed by atoms with Crippen LogP contribution in [0.15, 0.2) is 18.2 Å². The van der Waals surface area contributed by atoms with Crippen LogP contribution in [0.3, 0.4) is 0 Å². The van der Waals surface area contributed by atoms with Crippen molar-refractivity contribution in [2.75, 3.05) is 19.7 Å². The van der Waals surface area contributed by atoms with Gasteiger partial charge < -0.3 is 19.5 Å². The Labute approximate surface area is 123 Å². The number of phenols is 1. The van der Waals surface area contributed by atoms with Gasteiger partial charge in [-0.3, -0.25) is 0 Å². The van der Waals surface area contributed by atoms with Gasteiger partial charge in [0, 0.05) is 12.6 Å². The van der Waals surface area contributed by atoms with Gasteiger partial charge in [0.05, 0.1) is 13.2 Å². The highest BCUT2D eigenvalue weighted by Gasteiger charge is 2.29. The molecule has 0 aliphatic carbocycles. The normalized spacial score (nSPS) is 19.4. The Kier molecular flexibility index (Phi) is 4.37. The number of benzene rings is 1. The number of hydrogen-bond donors (Lipinski definition) is 1. The molecule has 2 rings (SSSR count). The van der Waals surface area contributed by atoms with Gasteiger partial charge in [-0.15, -0.1) is 0 Å². The zero-order valence-corrected chi connectivity index (χ0v) is 12.4. The second-order valence-corrected chi connectivity index (χ2v) is 6.03. The molecule has 1 amide bonds. The molecule has 1 atom stereocenters. The standard InChI is InChI=1S/C15H20FNO4/c1-15(2,3)21-14(19)17-4-5-20-13(9-17)10-6-11(16)8-12(18)7-10/h6-8,13,18H,4-5,9H2,1-3H3. The SMILES string of the molecule is CC(C)(C)OC(=O)N1CCOC(c2cc(O)cc(F)c2)C1. The van der Waals surface area contributed by atoms with Crippen LogP contribution in [-0.2, 0) is 9.47 Å². The van der Waals surface area contributed by atoms with E-state index in [1.807, 2.05) is 0 Å².